The maximum atomic E-state index is 13.3. The van der Waals surface area contributed by atoms with Gasteiger partial charge in [0.1, 0.15) is 5.82 Å². The van der Waals surface area contributed by atoms with E-state index in [0.717, 1.165) is 22.3 Å². The first-order valence-corrected chi connectivity index (χ1v) is 10.4. The molecule has 2 heterocycles. The number of benzene rings is 1. The molecule has 1 saturated heterocycles. The summed E-state index contributed by atoms with van der Waals surface area (Å²) in [5.74, 6) is 0.713. The van der Waals surface area contributed by atoms with Crippen molar-refractivity contribution in [2.75, 3.05) is 31.1 Å². The average Bonchev–Trinajstić information content (AvgIpc) is 2.66. The predicted octanol–water partition coefficient (Wildman–Crippen LogP) is 2.70. The van der Waals surface area contributed by atoms with E-state index < -0.39 is 10.0 Å². The molecule has 0 bridgehead atoms. The van der Waals surface area contributed by atoms with E-state index in [1.807, 2.05) is 38.7 Å². The summed E-state index contributed by atoms with van der Waals surface area (Å²) >= 11 is 0. The van der Waals surface area contributed by atoms with Crippen molar-refractivity contribution in [1.82, 2.24) is 9.29 Å². The fourth-order valence-corrected chi connectivity index (χ4v) is 5.51. The van der Waals surface area contributed by atoms with Gasteiger partial charge in [0.2, 0.25) is 10.0 Å². The van der Waals surface area contributed by atoms with Crippen LogP contribution in [0.25, 0.3) is 0 Å². The van der Waals surface area contributed by atoms with Crippen LogP contribution in [0.4, 0.5) is 5.82 Å². The normalized spacial score (nSPS) is 15.6. The Balaban J connectivity index is 1.85. The molecule has 0 unspecified atom stereocenters. The topological polar surface area (TPSA) is 77.3 Å². The number of rotatable bonds is 3. The van der Waals surface area contributed by atoms with Gasteiger partial charge in [0.25, 0.3) is 0 Å². The second-order valence-corrected chi connectivity index (χ2v) is 8.87. The van der Waals surface area contributed by atoms with Gasteiger partial charge in [-0.05, 0) is 62.1 Å². The molecule has 0 atom stereocenters. The zero-order valence-electron chi connectivity index (χ0n) is 16.2. The maximum absolute atomic E-state index is 13.3. The summed E-state index contributed by atoms with van der Waals surface area (Å²) in [6.07, 6.45) is 1.61. The van der Waals surface area contributed by atoms with E-state index >= 15 is 0 Å². The molecule has 1 fully saturated rings. The summed E-state index contributed by atoms with van der Waals surface area (Å²) in [5, 5.41) is 9.05. The molecular formula is C20H24N4O2S. The van der Waals surface area contributed by atoms with Crippen LogP contribution < -0.4 is 4.90 Å². The van der Waals surface area contributed by atoms with Crippen molar-refractivity contribution < 1.29 is 8.42 Å². The molecule has 3 rings (SSSR count). The number of nitrogens with zero attached hydrogens (tertiary/aromatic N) is 4. The van der Waals surface area contributed by atoms with Crippen LogP contribution in [0, 0.1) is 39.0 Å². The fraction of sp³-hybridized carbons (Fsp3) is 0.400. The second-order valence-electron chi connectivity index (χ2n) is 7.00. The molecule has 1 aromatic heterocycles. The molecule has 0 N–H and O–H groups in total. The summed E-state index contributed by atoms with van der Waals surface area (Å²) in [4.78, 5) is 6.78. The number of hydrogen-bond acceptors (Lipinski definition) is 5. The van der Waals surface area contributed by atoms with Gasteiger partial charge >= 0.3 is 0 Å². The van der Waals surface area contributed by atoms with Gasteiger partial charge < -0.3 is 4.90 Å². The Hall–Kier alpha value is -2.43. The molecule has 7 heteroatoms. The van der Waals surface area contributed by atoms with E-state index in [-0.39, 0.29) is 0 Å². The van der Waals surface area contributed by atoms with Crippen LogP contribution >= 0.6 is 0 Å². The summed E-state index contributed by atoms with van der Waals surface area (Å²) in [6, 6.07) is 7.55. The van der Waals surface area contributed by atoms with Gasteiger partial charge in [0.05, 0.1) is 16.5 Å². The number of nitriles is 1. The number of hydrogen-bond donors (Lipinski definition) is 0. The Kier molecular flexibility index (Phi) is 5.22. The van der Waals surface area contributed by atoms with E-state index in [2.05, 4.69) is 11.1 Å². The number of sulfonamides is 1. The first-order valence-electron chi connectivity index (χ1n) is 8.94. The molecule has 0 spiro atoms. The van der Waals surface area contributed by atoms with Crippen molar-refractivity contribution in [1.29, 1.82) is 5.26 Å². The molecule has 1 aliphatic rings. The van der Waals surface area contributed by atoms with E-state index in [1.165, 1.54) is 0 Å². The zero-order chi connectivity index (χ0) is 19.8. The van der Waals surface area contributed by atoms with Gasteiger partial charge in [-0.3, -0.25) is 0 Å². The third kappa shape index (κ3) is 3.55. The van der Waals surface area contributed by atoms with Crippen molar-refractivity contribution in [3.63, 3.8) is 0 Å². The minimum Gasteiger partial charge on any atom is -0.354 e. The van der Waals surface area contributed by atoms with Crippen molar-refractivity contribution in [3.8, 4) is 6.07 Å². The number of aryl methyl sites for hydroxylation is 2. The van der Waals surface area contributed by atoms with Gasteiger partial charge in [0.15, 0.2) is 0 Å². The van der Waals surface area contributed by atoms with Gasteiger partial charge in [-0.1, -0.05) is 6.07 Å². The molecule has 0 amide bonds. The van der Waals surface area contributed by atoms with Crippen molar-refractivity contribution in [2.24, 2.45) is 0 Å². The smallest absolute Gasteiger partial charge is 0.243 e. The molecule has 2 aromatic rings. The summed E-state index contributed by atoms with van der Waals surface area (Å²) in [5.41, 5.74) is 4.19. The highest BCUT2D eigenvalue weighted by Gasteiger charge is 2.32. The van der Waals surface area contributed by atoms with Gasteiger partial charge in [-0.25, -0.2) is 13.4 Å². The van der Waals surface area contributed by atoms with Gasteiger partial charge in [-0.2, -0.15) is 9.57 Å². The second kappa shape index (κ2) is 7.29. The molecule has 27 heavy (non-hydrogen) atoms. The van der Waals surface area contributed by atoms with Crippen LogP contribution in [-0.2, 0) is 10.0 Å². The lowest BCUT2D eigenvalue weighted by Gasteiger charge is -2.35. The molecule has 6 nitrogen and oxygen atoms in total. The first-order chi connectivity index (χ1) is 12.8. The quantitative estimate of drug-likeness (QED) is 0.813. The van der Waals surface area contributed by atoms with Crippen LogP contribution in [0.2, 0.25) is 0 Å². The summed E-state index contributed by atoms with van der Waals surface area (Å²) < 4.78 is 28.2. The zero-order valence-corrected chi connectivity index (χ0v) is 17.0. The van der Waals surface area contributed by atoms with Crippen molar-refractivity contribution in [2.45, 2.75) is 32.6 Å². The Morgan fingerprint density at radius 2 is 1.59 bits per heavy atom. The SMILES string of the molecule is Cc1cc(C)c(C)c(S(=O)(=O)N2CCN(c3cc(C#N)ccn3)CC2)c1C. The molecule has 142 valence electrons. The summed E-state index contributed by atoms with van der Waals surface area (Å²) in [7, 11) is -3.55. The summed E-state index contributed by atoms with van der Waals surface area (Å²) in [6.45, 7) is 9.54. The third-order valence-corrected chi connectivity index (χ3v) is 7.51. The predicted molar refractivity (Wildman–Crippen MR) is 105 cm³/mol. The maximum Gasteiger partial charge on any atom is 0.243 e. The number of pyridine rings is 1. The van der Waals surface area contributed by atoms with Crippen molar-refractivity contribution >= 4 is 15.8 Å². The van der Waals surface area contributed by atoms with Crippen molar-refractivity contribution in [3.05, 3.63) is 52.2 Å². The number of piperazine rings is 1. The number of anilines is 1. The minimum absolute atomic E-state index is 0.396. The Morgan fingerprint density at radius 3 is 2.15 bits per heavy atom. The Bertz CT molecular complexity index is 991. The van der Waals surface area contributed by atoms with E-state index in [9.17, 15) is 8.42 Å². The number of aromatic nitrogens is 1. The lowest BCUT2D eigenvalue weighted by atomic mass is 10.0. The highest BCUT2D eigenvalue weighted by atomic mass is 32.2. The molecule has 0 aliphatic carbocycles. The van der Waals surface area contributed by atoms with E-state index in [1.54, 1.807) is 22.6 Å². The van der Waals surface area contributed by atoms with E-state index in [4.69, 9.17) is 5.26 Å². The van der Waals surface area contributed by atoms with E-state index in [0.29, 0.717) is 42.5 Å². The highest BCUT2D eigenvalue weighted by Crippen LogP contribution is 2.29. The third-order valence-electron chi connectivity index (χ3n) is 5.33. The largest absolute Gasteiger partial charge is 0.354 e. The van der Waals surface area contributed by atoms with Crippen LogP contribution in [0.3, 0.4) is 0 Å². The van der Waals surface area contributed by atoms with Crippen LogP contribution in [-0.4, -0.2) is 43.9 Å². The monoisotopic (exact) mass is 384 g/mol. The lowest BCUT2D eigenvalue weighted by molar-refractivity contribution is 0.383. The van der Waals surface area contributed by atoms with Gasteiger partial charge in [-0.15, -0.1) is 0 Å². The van der Waals surface area contributed by atoms with Crippen LogP contribution in [0.15, 0.2) is 29.3 Å². The standard InChI is InChI=1S/C20H24N4O2S/c1-14-11-15(2)17(4)20(16(14)3)27(25,26)24-9-7-23(8-10-24)19-12-18(13-21)5-6-22-19/h5-6,11-12H,7-10H2,1-4H3. The molecule has 0 saturated carbocycles. The highest BCUT2D eigenvalue weighted by molar-refractivity contribution is 7.89. The fourth-order valence-electron chi connectivity index (χ4n) is 3.52. The molecule has 1 aliphatic heterocycles. The Morgan fingerprint density at radius 1 is 1.00 bits per heavy atom. The molecular weight excluding hydrogens is 360 g/mol. The minimum atomic E-state index is -3.55. The van der Waals surface area contributed by atoms with Crippen LogP contribution in [0.5, 0.6) is 0 Å². The first kappa shape index (κ1) is 19.3. The molecule has 0 radical (unpaired) electrons. The Labute approximate surface area is 161 Å². The van der Waals surface area contributed by atoms with Crippen LogP contribution in [0.1, 0.15) is 27.8 Å². The molecule has 1 aromatic carbocycles. The lowest BCUT2D eigenvalue weighted by Crippen LogP contribution is -2.49. The average molecular weight is 385 g/mol. The van der Waals surface area contributed by atoms with Gasteiger partial charge in [0, 0.05) is 32.4 Å².